The van der Waals surface area contributed by atoms with Gasteiger partial charge in [0.1, 0.15) is 0 Å². The van der Waals surface area contributed by atoms with Crippen molar-refractivity contribution in [1.29, 1.82) is 0 Å². The summed E-state index contributed by atoms with van der Waals surface area (Å²) in [5.41, 5.74) is 1.52. The quantitative estimate of drug-likeness (QED) is 0.0281. The summed E-state index contributed by atoms with van der Waals surface area (Å²) in [4.78, 5) is 102. The number of rotatable bonds is 28. The predicted molar refractivity (Wildman–Crippen MR) is 249 cm³/mol. The number of anilines is 1. The van der Waals surface area contributed by atoms with E-state index in [0.717, 1.165) is 5.56 Å². The van der Waals surface area contributed by atoms with Crippen LogP contribution in [0, 0.1) is 0 Å². The van der Waals surface area contributed by atoms with E-state index in [2.05, 4.69) is 26.6 Å². The van der Waals surface area contributed by atoms with Crippen molar-refractivity contribution >= 4 is 92.0 Å². The lowest BCUT2D eigenvalue weighted by Gasteiger charge is -2.37. The van der Waals surface area contributed by atoms with Crippen LogP contribution in [0.4, 0.5) is 5.69 Å². The molecule has 0 saturated carbocycles. The van der Waals surface area contributed by atoms with Gasteiger partial charge in [0.2, 0.25) is 11.8 Å². The predicted octanol–water partition coefficient (Wildman–Crippen LogP) is -0.751. The lowest BCUT2D eigenvalue weighted by Crippen LogP contribution is -2.53. The molecule has 0 aromatic heterocycles. The van der Waals surface area contributed by atoms with Gasteiger partial charge in [-0.05, 0) is 63.1 Å². The number of hydrogen-bond acceptors (Lipinski definition) is 16. The molecule has 2 rings (SSSR count). The van der Waals surface area contributed by atoms with Gasteiger partial charge in [-0.15, -0.1) is 0 Å². The van der Waals surface area contributed by atoms with Gasteiger partial charge in [-0.1, -0.05) is 33.7 Å². The van der Waals surface area contributed by atoms with Crippen molar-refractivity contribution in [1.82, 2.24) is 40.9 Å². The monoisotopic (exact) mass is 973 g/mol. The summed E-state index contributed by atoms with van der Waals surface area (Å²) >= 11 is 5.47. The van der Waals surface area contributed by atoms with Crippen molar-refractivity contribution in [3.63, 3.8) is 0 Å². The Morgan fingerprint density at radius 1 is 0.677 bits per heavy atom. The number of nitrogens with zero attached hydrogens (tertiary/aromatic N) is 4. The number of benzene rings is 1. The molecule has 364 valence electrons. The van der Waals surface area contributed by atoms with Crippen molar-refractivity contribution in [3.05, 3.63) is 29.8 Å². The molecule has 22 nitrogen and oxygen atoms in total. The van der Waals surface area contributed by atoms with E-state index in [-0.39, 0.29) is 109 Å². The molecule has 0 bridgehead atoms. The molecule has 3 unspecified atom stereocenters. The minimum Gasteiger partial charge on any atom is -0.481 e. The zero-order chi connectivity index (χ0) is 48.3. The molecule has 2 amide bonds. The van der Waals surface area contributed by atoms with Gasteiger partial charge >= 0.3 is 29.8 Å². The van der Waals surface area contributed by atoms with E-state index in [4.69, 9.17) is 17.3 Å². The molecular formula is C40H63N9O13S3. The highest BCUT2D eigenvalue weighted by atomic mass is 33.1. The summed E-state index contributed by atoms with van der Waals surface area (Å²) in [7, 11) is 4.66. The summed E-state index contributed by atoms with van der Waals surface area (Å²) in [5.74, 6) is -5.15. The minimum atomic E-state index is -1.10. The summed E-state index contributed by atoms with van der Waals surface area (Å²) in [6, 6.07) is 5.17. The molecular weight excluding hydrogens is 911 g/mol. The first-order chi connectivity index (χ1) is 30.8. The summed E-state index contributed by atoms with van der Waals surface area (Å²) < 4.78 is 0. The van der Waals surface area contributed by atoms with Crippen LogP contribution in [0.15, 0.2) is 24.3 Å². The Labute approximate surface area is 391 Å². The lowest BCUT2D eigenvalue weighted by molar-refractivity contribution is -0.142. The second-order valence-corrected chi connectivity index (χ2v) is 18.4. The minimum absolute atomic E-state index is 0.0203. The Balaban J connectivity index is 1.88. The second-order valence-electron chi connectivity index (χ2n) is 15.2. The summed E-state index contributed by atoms with van der Waals surface area (Å²) in [5, 5.41) is 62.2. The summed E-state index contributed by atoms with van der Waals surface area (Å²) in [6.07, 6.45) is 0.300. The third kappa shape index (κ3) is 25.6. The number of ketones is 1. The largest absolute Gasteiger partial charge is 0.481 e. The zero-order valence-corrected chi connectivity index (χ0v) is 39.1. The Hall–Kier alpha value is -4.63. The molecule has 0 spiro atoms. The number of hydrogen-bond donors (Lipinski definition) is 10. The number of Topliss-reactive ketones (excluding diaryl/α,β-unsaturated/α-hetero) is 1. The average Bonchev–Trinajstić information content (AvgIpc) is 3.21. The van der Waals surface area contributed by atoms with Crippen LogP contribution in [0.1, 0.15) is 38.2 Å². The molecule has 1 aromatic rings. The maximum atomic E-state index is 12.5. The van der Waals surface area contributed by atoms with E-state index < -0.39 is 53.9 Å². The molecule has 1 heterocycles. The normalized spacial score (nSPS) is 16.7. The van der Waals surface area contributed by atoms with Crippen LogP contribution in [-0.2, 0) is 44.8 Å². The highest BCUT2D eigenvalue weighted by Gasteiger charge is 2.28. The van der Waals surface area contributed by atoms with Gasteiger partial charge in [0.15, 0.2) is 10.9 Å². The van der Waals surface area contributed by atoms with Gasteiger partial charge in [-0.2, -0.15) is 0 Å². The van der Waals surface area contributed by atoms with Crippen LogP contribution in [0.2, 0.25) is 0 Å². The van der Waals surface area contributed by atoms with Gasteiger partial charge < -0.3 is 52.1 Å². The first kappa shape index (κ1) is 56.5. The van der Waals surface area contributed by atoms with E-state index in [1.165, 1.54) is 14.0 Å². The van der Waals surface area contributed by atoms with E-state index in [0.29, 0.717) is 41.8 Å². The number of carboxylic acid groups (broad SMARTS) is 5. The van der Waals surface area contributed by atoms with Crippen molar-refractivity contribution in [3.8, 4) is 0 Å². The molecule has 1 aliphatic heterocycles. The fourth-order valence-corrected chi connectivity index (χ4v) is 8.80. The number of carbonyl (C=O) groups excluding carboxylic acids is 3. The average molecular weight is 974 g/mol. The Morgan fingerprint density at radius 2 is 1.18 bits per heavy atom. The second kappa shape index (κ2) is 31.3. The maximum absolute atomic E-state index is 12.5. The fourth-order valence-electron chi connectivity index (χ4n) is 6.77. The standard InChI is InChI=1S/C40H63N9O13S3/c1-27(50)31(45-39(62)32(41-2)8-10-34(52)53)7-9-33(51)42-11-19-64-65-20-12-43-40(63)44-29-5-3-28(4-6-29)21-30-22-48(25-37(58)59)16-15-46(23-35(54)55)13-14-47(24-36(56)57)17-18-49(30)26-38(60)61/h3-6,30-32,41H,7-26H2,1-2H3,(H,42,51)(H,45,62)(H,52,53)(H,54,55)(H,56,57)(H,58,59)(H,60,61)(H2,43,44,63). The SMILES string of the molecule is CNC(CCC(=O)O)C(=O)NC(CCC(=O)NCCSSCCNC(=S)Nc1ccc(CC2CN(CC(=O)O)CCN(CC(=O)O)CCN(CC(=O)O)CCN2CC(=O)O)cc1)C(C)=O. The smallest absolute Gasteiger partial charge is 0.317 e. The van der Waals surface area contributed by atoms with E-state index in [9.17, 15) is 58.8 Å². The van der Waals surface area contributed by atoms with Gasteiger partial charge in [-0.25, -0.2) is 0 Å². The molecule has 1 aliphatic rings. The lowest BCUT2D eigenvalue weighted by atomic mass is 10.0. The first-order valence-electron chi connectivity index (χ1n) is 21.0. The number of amides is 2. The van der Waals surface area contributed by atoms with Crippen molar-refractivity contribution < 1.29 is 63.9 Å². The molecule has 25 heteroatoms. The molecule has 1 saturated heterocycles. The molecule has 1 aromatic carbocycles. The number of thiocarbonyl (C=S) groups is 1. The molecule has 3 atom stereocenters. The van der Waals surface area contributed by atoms with Gasteiger partial charge in [0.25, 0.3) is 0 Å². The van der Waals surface area contributed by atoms with E-state index in [1.807, 2.05) is 24.3 Å². The highest BCUT2D eigenvalue weighted by Crippen LogP contribution is 2.20. The van der Waals surface area contributed by atoms with E-state index >= 15 is 0 Å². The maximum Gasteiger partial charge on any atom is 0.317 e. The number of likely N-dealkylation sites (N-methyl/N-ethyl adjacent to an activating group) is 1. The summed E-state index contributed by atoms with van der Waals surface area (Å²) in [6.45, 7) is 2.26. The molecule has 1 fully saturated rings. The van der Waals surface area contributed by atoms with Crippen LogP contribution in [0.3, 0.4) is 0 Å². The molecule has 0 radical (unpaired) electrons. The van der Waals surface area contributed by atoms with Crippen LogP contribution in [0.5, 0.6) is 0 Å². The Bertz CT molecular complexity index is 1750. The highest BCUT2D eigenvalue weighted by molar-refractivity contribution is 8.76. The van der Waals surface area contributed by atoms with Gasteiger partial charge in [-0.3, -0.25) is 58.0 Å². The third-order valence-electron chi connectivity index (χ3n) is 10.1. The van der Waals surface area contributed by atoms with Crippen molar-refractivity contribution in [2.75, 3.05) is 109 Å². The van der Waals surface area contributed by atoms with E-state index in [1.54, 1.807) is 41.2 Å². The third-order valence-corrected chi connectivity index (χ3v) is 12.7. The molecule has 65 heavy (non-hydrogen) atoms. The number of carboxylic acids is 5. The topological polar surface area (TPSA) is 311 Å². The molecule has 10 N–H and O–H groups in total. The van der Waals surface area contributed by atoms with Crippen molar-refractivity contribution in [2.45, 2.75) is 57.2 Å². The first-order valence-corrected chi connectivity index (χ1v) is 23.9. The molecule has 0 aliphatic carbocycles. The van der Waals surface area contributed by atoms with Gasteiger partial charge in [0.05, 0.1) is 38.3 Å². The zero-order valence-electron chi connectivity index (χ0n) is 36.7. The van der Waals surface area contributed by atoms with Crippen LogP contribution in [-0.4, -0.2) is 219 Å². The van der Waals surface area contributed by atoms with Crippen LogP contribution in [0.25, 0.3) is 0 Å². The van der Waals surface area contributed by atoms with Crippen LogP contribution < -0.4 is 26.6 Å². The van der Waals surface area contributed by atoms with Crippen LogP contribution >= 0.6 is 33.8 Å². The Kier molecular flexibility index (Phi) is 27.2. The van der Waals surface area contributed by atoms with Crippen molar-refractivity contribution in [2.24, 2.45) is 0 Å². The van der Waals surface area contributed by atoms with Gasteiger partial charge in [0, 0.05) is 95.0 Å². The fraction of sp³-hybridized carbons (Fsp3) is 0.625. The number of nitrogens with one attached hydrogen (secondary N) is 5. The number of carbonyl (C=O) groups is 8. The Morgan fingerprint density at radius 3 is 1.71 bits per heavy atom. The number of aliphatic carboxylic acids is 5.